The standard InChI is InChI=1S/C19H19N3O4S/c1-3-26-19(23)15(13-20)14-21-16-8-7-11-18(12-16)27(24,25)22(2)17-9-5-4-6-10-17/h4-12,14,21H,3H2,1-2H3/b15-14+. The fourth-order valence-electron chi connectivity index (χ4n) is 2.18. The van der Waals surface area contributed by atoms with Crippen LogP contribution >= 0.6 is 0 Å². The van der Waals surface area contributed by atoms with Crippen LogP contribution < -0.4 is 9.62 Å². The molecule has 2 aromatic rings. The molecule has 0 bridgehead atoms. The van der Waals surface area contributed by atoms with Crippen molar-refractivity contribution >= 4 is 27.4 Å². The van der Waals surface area contributed by atoms with Gasteiger partial charge in [0.05, 0.1) is 17.2 Å². The Labute approximate surface area is 158 Å². The summed E-state index contributed by atoms with van der Waals surface area (Å²) < 4.78 is 31.6. The van der Waals surface area contributed by atoms with Crippen molar-refractivity contribution in [3.05, 3.63) is 66.4 Å². The van der Waals surface area contributed by atoms with Crippen LogP contribution in [-0.2, 0) is 19.6 Å². The van der Waals surface area contributed by atoms with Crippen LogP contribution in [0.15, 0.2) is 71.3 Å². The lowest BCUT2D eigenvalue weighted by molar-refractivity contribution is -0.138. The van der Waals surface area contributed by atoms with E-state index in [2.05, 4.69) is 5.32 Å². The van der Waals surface area contributed by atoms with E-state index in [1.807, 2.05) is 0 Å². The average molecular weight is 385 g/mol. The van der Waals surface area contributed by atoms with Gasteiger partial charge in [0.25, 0.3) is 10.0 Å². The van der Waals surface area contributed by atoms with Gasteiger partial charge in [0.2, 0.25) is 0 Å². The highest BCUT2D eigenvalue weighted by atomic mass is 32.2. The largest absolute Gasteiger partial charge is 0.462 e. The van der Waals surface area contributed by atoms with Gasteiger partial charge in [0.1, 0.15) is 6.07 Å². The molecule has 1 N–H and O–H groups in total. The molecule has 0 aliphatic carbocycles. The van der Waals surface area contributed by atoms with Gasteiger partial charge in [-0.1, -0.05) is 24.3 Å². The van der Waals surface area contributed by atoms with Crippen LogP contribution in [0, 0.1) is 11.3 Å². The zero-order valence-electron chi connectivity index (χ0n) is 14.9. The number of carbonyl (C=O) groups excluding carboxylic acids is 1. The van der Waals surface area contributed by atoms with Crippen LogP contribution in [0.4, 0.5) is 11.4 Å². The highest BCUT2D eigenvalue weighted by Crippen LogP contribution is 2.23. The van der Waals surface area contributed by atoms with E-state index in [9.17, 15) is 13.2 Å². The average Bonchev–Trinajstić information content (AvgIpc) is 2.69. The Kier molecular flexibility index (Phi) is 6.57. The summed E-state index contributed by atoms with van der Waals surface area (Å²) in [4.78, 5) is 11.7. The fraction of sp³-hybridized carbons (Fsp3) is 0.158. The van der Waals surface area contributed by atoms with Gasteiger partial charge in [-0.05, 0) is 37.3 Å². The summed E-state index contributed by atoms with van der Waals surface area (Å²) in [6, 6.07) is 16.5. The molecule has 2 aromatic carbocycles. The maximum absolute atomic E-state index is 12.8. The van der Waals surface area contributed by atoms with Gasteiger partial charge in [-0.3, -0.25) is 4.31 Å². The van der Waals surface area contributed by atoms with Gasteiger partial charge >= 0.3 is 5.97 Å². The minimum Gasteiger partial charge on any atom is -0.462 e. The molecule has 0 spiro atoms. The summed E-state index contributed by atoms with van der Waals surface area (Å²) in [5, 5.41) is 11.8. The lowest BCUT2D eigenvalue weighted by Crippen LogP contribution is -2.26. The van der Waals surface area contributed by atoms with E-state index >= 15 is 0 Å². The normalized spacial score (nSPS) is 11.4. The smallest absolute Gasteiger partial charge is 0.350 e. The summed E-state index contributed by atoms with van der Waals surface area (Å²) in [7, 11) is -2.30. The molecule has 8 heteroatoms. The molecule has 0 aliphatic rings. The Morgan fingerprint density at radius 1 is 1.22 bits per heavy atom. The number of nitriles is 1. The number of ether oxygens (including phenoxy) is 1. The molecule has 140 valence electrons. The predicted molar refractivity (Wildman–Crippen MR) is 102 cm³/mol. The molecule has 0 heterocycles. The van der Waals surface area contributed by atoms with Crippen LogP contribution in [0.25, 0.3) is 0 Å². The van der Waals surface area contributed by atoms with Crippen LogP contribution in [0.3, 0.4) is 0 Å². The molecular weight excluding hydrogens is 366 g/mol. The molecule has 0 saturated carbocycles. The molecule has 0 unspecified atom stereocenters. The number of hydrogen-bond acceptors (Lipinski definition) is 6. The monoisotopic (exact) mass is 385 g/mol. The molecule has 0 aromatic heterocycles. The fourth-order valence-corrected chi connectivity index (χ4v) is 3.42. The van der Waals surface area contributed by atoms with Crippen molar-refractivity contribution in [3.8, 4) is 6.07 Å². The first kappa shape index (κ1) is 20.0. The Morgan fingerprint density at radius 2 is 1.93 bits per heavy atom. The second kappa shape index (κ2) is 8.87. The number of benzene rings is 2. The SMILES string of the molecule is CCOC(=O)/C(C#N)=C/Nc1cccc(S(=O)(=O)N(C)c2ccccc2)c1. The molecule has 0 aliphatic heterocycles. The van der Waals surface area contributed by atoms with Gasteiger partial charge in [-0.25, -0.2) is 13.2 Å². The van der Waals surface area contributed by atoms with E-state index in [1.54, 1.807) is 55.5 Å². The van der Waals surface area contributed by atoms with Gasteiger partial charge < -0.3 is 10.1 Å². The van der Waals surface area contributed by atoms with Crippen molar-refractivity contribution in [3.63, 3.8) is 0 Å². The van der Waals surface area contributed by atoms with Crippen LogP contribution in [0.1, 0.15) is 6.92 Å². The maximum atomic E-state index is 12.8. The first-order valence-corrected chi connectivity index (χ1v) is 9.52. The van der Waals surface area contributed by atoms with Gasteiger partial charge in [-0.2, -0.15) is 5.26 Å². The number of rotatable bonds is 7. The number of sulfonamides is 1. The zero-order valence-corrected chi connectivity index (χ0v) is 15.7. The van der Waals surface area contributed by atoms with Crippen LogP contribution in [0.5, 0.6) is 0 Å². The Hall–Kier alpha value is -3.31. The zero-order chi connectivity index (χ0) is 19.9. The van der Waals surface area contributed by atoms with E-state index in [0.29, 0.717) is 11.4 Å². The second-order valence-corrected chi connectivity index (χ2v) is 7.34. The lowest BCUT2D eigenvalue weighted by atomic mass is 10.3. The molecule has 0 fully saturated rings. The topological polar surface area (TPSA) is 99.5 Å². The number of hydrogen-bond donors (Lipinski definition) is 1. The van der Waals surface area contributed by atoms with Crippen LogP contribution in [0.2, 0.25) is 0 Å². The number of para-hydroxylation sites is 1. The Bertz CT molecular complexity index is 980. The predicted octanol–water partition coefficient (Wildman–Crippen LogP) is 2.89. The van der Waals surface area contributed by atoms with Gasteiger partial charge in [0, 0.05) is 18.9 Å². The third kappa shape index (κ3) is 4.86. The minimum atomic E-state index is -3.77. The van der Waals surface area contributed by atoms with E-state index in [-0.39, 0.29) is 17.1 Å². The molecule has 0 atom stereocenters. The Balaban J connectivity index is 2.27. The number of anilines is 2. The molecule has 2 rings (SSSR count). The summed E-state index contributed by atoms with van der Waals surface area (Å²) >= 11 is 0. The van der Waals surface area contributed by atoms with Gasteiger partial charge in [-0.15, -0.1) is 0 Å². The van der Waals surface area contributed by atoms with E-state index < -0.39 is 16.0 Å². The number of nitrogens with one attached hydrogen (secondary N) is 1. The molecule has 27 heavy (non-hydrogen) atoms. The van der Waals surface area contributed by atoms with Crippen molar-refractivity contribution in [1.29, 1.82) is 5.26 Å². The lowest BCUT2D eigenvalue weighted by Gasteiger charge is -2.19. The molecule has 0 radical (unpaired) electrons. The highest BCUT2D eigenvalue weighted by Gasteiger charge is 2.21. The van der Waals surface area contributed by atoms with Crippen molar-refractivity contribution < 1.29 is 17.9 Å². The molecule has 0 saturated heterocycles. The van der Waals surface area contributed by atoms with Crippen molar-refractivity contribution in [1.82, 2.24) is 0 Å². The highest BCUT2D eigenvalue weighted by molar-refractivity contribution is 7.92. The summed E-state index contributed by atoms with van der Waals surface area (Å²) in [5.74, 6) is -0.750. The minimum absolute atomic E-state index is 0.0712. The number of esters is 1. The third-order valence-electron chi connectivity index (χ3n) is 3.61. The maximum Gasteiger partial charge on any atom is 0.350 e. The molecule has 7 nitrogen and oxygen atoms in total. The number of nitrogens with zero attached hydrogens (tertiary/aromatic N) is 2. The van der Waals surface area contributed by atoms with E-state index in [1.165, 1.54) is 29.7 Å². The Morgan fingerprint density at radius 3 is 2.56 bits per heavy atom. The number of carbonyl (C=O) groups is 1. The van der Waals surface area contributed by atoms with Crippen molar-refractivity contribution in [2.45, 2.75) is 11.8 Å². The third-order valence-corrected chi connectivity index (χ3v) is 5.39. The van der Waals surface area contributed by atoms with Crippen LogP contribution in [-0.4, -0.2) is 28.0 Å². The van der Waals surface area contributed by atoms with Gasteiger partial charge in [0.15, 0.2) is 5.57 Å². The van der Waals surface area contributed by atoms with Crippen molar-refractivity contribution in [2.24, 2.45) is 0 Å². The first-order valence-electron chi connectivity index (χ1n) is 8.08. The summed E-state index contributed by atoms with van der Waals surface area (Å²) in [5.41, 5.74) is 0.728. The summed E-state index contributed by atoms with van der Waals surface area (Å²) in [6.45, 7) is 1.79. The van der Waals surface area contributed by atoms with E-state index in [0.717, 1.165) is 0 Å². The van der Waals surface area contributed by atoms with Crippen molar-refractivity contribution in [2.75, 3.05) is 23.3 Å². The molecular formula is C19H19N3O4S. The molecule has 0 amide bonds. The first-order chi connectivity index (χ1) is 12.9. The second-order valence-electron chi connectivity index (χ2n) is 5.37. The summed E-state index contributed by atoms with van der Waals surface area (Å²) in [6.07, 6.45) is 1.19. The quantitative estimate of drug-likeness (QED) is 0.447. The van der Waals surface area contributed by atoms with E-state index in [4.69, 9.17) is 10.00 Å².